The van der Waals surface area contributed by atoms with Crippen molar-refractivity contribution in [3.63, 3.8) is 0 Å². The molecule has 29 heavy (non-hydrogen) atoms. The summed E-state index contributed by atoms with van der Waals surface area (Å²) in [5, 5.41) is 4.57. The number of aromatic nitrogens is 2. The monoisotopic (exact) mass is 433 g/mol. The third-order valence-corrected chi connectivity index (χ3v) is 6.91. The van der Waals surface area contributed by atoms with E-state index in [0.717, 1.165) is 6.42 Å². The summed E-state index contributed by atoms with van der Waals surface area (Å²) in [4.78, 5) is 4.65. The molecule has 1 aliphatic rings. The molecule has 1 aromatic heterocycles. The van der Waals surface area contributed by atoms with Gasteiger partial charge in [-0.1, -0.05) is 28.9 Å². The van der Waals surface area contributed by atoms with Crippen LogP contribution in [0.15, 0.2) is 57.9 Å². The highest BCUT2D eigenvalue weighted by Gasteiger charge is 2.39. The van der Waals surface area contributed by atoms with Crippen LogP contribution in [0.1, 0.15) is 31.7 Å². The number of hydrogen-bond donors (Lipinski definition) is 0. The molecule has 4 rings (SSSR count). The second kappa shape index (κ2) is 8.14. The van der Waals surface area contributed by atoms with Gasteiger partial charge in [0.15, 0.2) is 0 Å². The molecular weight excluding hydrogens is 414 g/mol. The Balaban J connectivity index is 1.60. The van der Waals surface area contributed by atoms with Gasteiger partial charge in [0.1, 0.15) is 11.8 Å². The average Bonchev–Trinajstić information content (AvgIpc) is 3.38. The summed E-state index contributed by atoms with van der Waals surface area (Å²) in [7, 11) is -3.70. The van der Waals surface area contributed by atoms with E-state index in [0.29, 0.717) is 41.7 Å². The van der Waals surface area contributed by atoms with Gasteiger partial charge >= 0.3 is 0 Å². The van der Waals surface area contributed by atoms with Crippen molar-refractivity contribution in [2.75, 3.05) is 13.2 Å². The fourth-order valence-corrected chi connectivity index (χ4v) is 5.24. The summed E-state index contributed by atoms with van der Waals surface area (Å²) in [6, 6.07) is 13.0. The largest absolute Gasteiger partial charge is 0.494 e. The molecule has 1 fully saturated rings. The van der Waals surface area contributed by atoms with Crippen LogP contribution in [0.3, 0.4) is 0 Å². The highest BCUT2D eigenvalue weighted by Crippen LogP contribution is 2.36. The number of benzene rings is 2. The topological polar surface area (TPSA) is 85.5 Å². The number of hydrogen-bond acceptors (Lipinski definition) is 6. The first kappa shape index (κ1) is 19.9. The highest BCUT2D eigenvalue weighted by molar-refractivity contribution is 7.89. The molecule has 1 atom stereocenters. The third kappa shape index (κ3) is 4.01. The van der Waals surface area contributed by atoms with Crippen molar-refractivity contribution in [2.24, 2.45) is 0 Å². The van der Waals surface area contributed by atoms with Gasteiger partial charge in [0.2, 0.25) is 21.7 Å². The molecule has 2 heterocycles. The first-order valence-electron chi connectivity index (χ1n) is 9.33. The van der Waals surface area contributed by atoms with Gasteiger partial charge in [-0.15, -0.1) is 0 Å². The zero-order valence-electron chi connectivity index (χ0n) is 15.8. The van der Waals surface area contributed by atoms with Crippen molar-refractivity contribution in [1.82, 2.24) is 14.4 Å². The van der Waals surface area contributed by atoms with E-state index in [9.17, 15) is 8.42 Å². The van der Waals surface area contributed by atoms with Crippen LogP contribution in [-0.2, 0) is 10.0 Å². The molecule has 9 heteroatoms. The van der Waals surface area contributed by atoms with Gasteiger partial charge < -0.3 is 9.26 Å². The van der Waals surface area contributed by atoms with E-state index in [2.05, 4.69) is 10.1 Å². The molecule has 1 saturated heterocycles. The Morgan fingerprint density at radius 3 is 2.76 bits per heavy atom. The second-order valence-corrected chi connectivity index (χ2v) is 8.97. The zero-order chi connectivity index (χ0) is 20.4. The summed E-state index contributed by atoms with van der Waals surface area (Å²) >= 11 is 6.03. The minimum atomic E-state index is -3.70. The lowest BCUT2D eigenvalue weighted by molar-refractivity contribution is 0.290. The summed E-state index contributed by atoms with van der Waals surface area (Å²) < 4.78 is 38.6. The van der Waals surface area contributed by atoms with Crippen molar-refractivity contribution in [3.05, 3.63) is 59.4 Å². The van der Waals surface area contributed by atoms with Gasteiger partial charge in [-0.2, -0.15) is 9.29 Å². The maximum Gasteiger partial charge on any atom is 0.245 e. The fraction of sp³-hybridized carbons (Fsp3) is 0.300. The van der Waals surface area contributed by atoms with E-state index in [-0.39, 0.29) is 10.8 Å². The van der Waals surface area contributed by atoms with Crippen molar-refractivity contribution >= 4 is 21.6 Å². The normalized spacial score (nSPS) is 17.5. The van der Waals surface area contributed by atoms with Gasteiger partial charge in [-0.25, -0.2) is 8.42 Å². The first-order valence-corrected chi connectivity index (χ1v) is 11.1. The first-order chi connectivity index (χ1) is 14.0. The Morgan fingerprint density at radius 2 is 2.03 bits per heavy atom. The third-order valence-electron chi connectivity index (χ3n) is 4.75. The van der Waals surface area contributed by atoms with Crippen LogP contribution in [0.5, 0.6) is 5.75 Å². The maximum atomic E-state index is 13.2. The molecule has 2 aromatic carbocycles. The van der Waals surface area contributed by atoms with Crippen molar-refractivity contribution in [2.45, 2.75) is 30.7 Å². The van der Waals surface area contributed by atoms with Crippen LogP contribution >= 0.6 is 11.6 Å². The molecule has 0 aliphatic carbocycles. The quantitative estimate of drug-likeness (QED) is 0.575. The van der Waals surface area contributed by atoms with E-state index < -0.39 is 16.1 Å². The summed E-state index contributed by atoms with van der Waals surface area (Å²) in [6.45, 7) is 2.79. The Bertz CT molecular complexity index is 1100. The van der Waals surface area contributed by atoms with E-state index in [1.54, 1.807) is 42.5 Å². The van der Waals surface area contributed by atoms with Crippen LogP contribution in [0.2, 0.25) is 5.02 Å². The summed E-state index contributed by atoms with van der Waals surface area (Å²) in [5.74, 6) is 1.30. The van der Waals surface area contributed by atoms with E-state index >= 15 is 0 Å². The minimum Gasteiger partial charge on any atom is -0.494 e. The standard InChI is InChI=1S/C20H20ClN3O4S/c1-2-27-16-8-10-17(11-9-16)29(25,26)24-12-4-7-18(24)20-22-19(23-28-20)14-5-3-6-15(21)13-14/h3,5-6,8-11,13,18H,2,4,7,12H2,1H3/t18-/m1/s1. The van der Waals surface area contributed by atoms with Gasteiger partial charge in [-0.05, 0) is 56.2 Å². The van der Waals surface area contributed by atoms with Gasteiger partial charge in [-0.3, -0.25) is 0 Å². The number of halogens is 1. The highest BCUT2D eigenvalue weighted by atomic mass is 35.5. The Hall–Kier alpha value is -2.42. The summed E-state index contributed by atoms with van der Waals surface area (Å²) in [5.41, 5.74) is 0.714. The van der Waals surface area contributed by atoms with Crippen LogP contribution in [0, 0.1) is 0 Å². The summed E-state index contributed by atoms with van der Waals surface area (Å²) in [6.07, 6.45) is 1.34. The van der Waals surface area contributed by atoms with Gasteiger partial charge in [0.05, 0.1) is 11.5 Å². The molecular formula is C20H20ClN3O4S. The predicted octanol–water partition coefficient (Wildman–Crippen LogP) is 4.31. The fourth-order valence-electron chi connectivity index (χ4n) is 3.40. The molecule has 0 N–H and O–H groups in total. The van der Waals surface area contributed by atoms with E-state index in [4.69, 9.17) is 20.9 Å². The van der Waals surface area contributed by atoms with Gasteiger partial charge in [0, 0.05) is 17.1 Å². The lowest BCUT2D eigenvalue weighted by atomic mass is 10.2. The van der Waals surface area contributed by atoms with Crippen molar-refractivity contribution < 1.29 is 17.7 Å². The molecule has 7 nitrogen and oxygen atoms in total. The molecule has 0 amide bonds. The Kier molecular flexibility index (Phi) is 5.58. The number of nitrogens with zero attached hydrogens (tertiary/aromatic N) is 3. The molecule has 3 aromatic rings. The predicted molar refractivity (Wildman–Crippen MR) is 108 cm³/mol. The number of ether oxygens (including phenoxy) is 1. The maximum absolute atomic E-state index is 13.2. The molecule has 1 aliphatic heterocycles. The molecule has 152 valence electrons. The molecule has 0 unspecified atom stereocenters. The van der Waals surface area contributed by atoms with Crippen LogP contribution < -0.4 is 4.74 Å². The lowest BCUT2D eigenvalue weighted by Crippen LogP contribution is -2.30. The van der Waals surface area contributed by atoms with Crippen molar-refractivity contribution in [3.8, 4) is 17.1 Å². The minimum absolute atomic E-state index is 0.211. The molecule has 0 saturated carbocycles. The SMILES string of the molecule is CCOc1ccc(S(=O)(=O)N2CCC[C@@H]2c2nc(-c3cccc(Cl)c3)no2)cc1. The Morgan fingerprint density at radius 1 is 1.24 bits per heavy atom. The van der Waals surface area contributed by atoms with Crippen LogP contribution in [-0.4, -0.2) is 36.0 Å². The van der Waals surface area contributed by atoms with E-state index in [1.807, 2.05) is 13.0 Å². The smallest absolute Gasteiger partial charge is 0.245 e. The zero-order valence-corrected chi connectivity index (χ0v) is 17.4. The lowest BCUT2D eigenvalue weighted by Gasteiger charge is -2.21. The average molecular weight is 434 g/mol. The van der Waals surface area contributed by atoms with Crippen molar-refractivity contribution in [1.29, 1.82) is 0 Å². The van der Waals surface area contributed by atoms with E-state index in [1.165, 1.54) is 4.31 Å². The second-order valence-electron chi connectivity index (χ2n) is 6.64. The number of sulfonamides is 1. The van der Waals surface area contributed by atoms with Crippen LogP contribution in [0.4, 0.5) is 0 Å². The molecule has 0 spiro atoms. The number of rotatable bonds is 6. The van der Waals surface area contributed by atoms with Crippen LogP contribution in [0.25, 0.3) is 11.4 Å². The molecule has 0 bridgehead atoms. The molecule has 0 radical (unpaired) electrons. The Labute approximate surface area is 174 Å². The van der Waals surface area contributed by atoms with Gasteiger partial charge in [0.25, 0.3) is 0 Å².